The molecule has 88 valence electrons. The highest BCUT2D eigenvalue weighted by atomic mass is 35.5. The number of pyridine rings is 1. The van der Waals surface area contributed by atoms with Crippen LogP contribution >= 0.6 is 11.6 Å². The number of nitrogens with one attached hydrogen (secondary N) is 1. The molecule has 2 aromatic rings. The Balaban J connectivity index is 2.14. The van der Waals surface area contributed by atoms with Gasteiger partial charge in [-0.15, -0.1) is 0 Å². The van der Waals surface area contributed by atoms with E-state index in [1.165, 1.54) is 24.7 Å². The molecule has 18 heavy (non-hydrogen) atoms. The van der Waals surface area contributed by atoms with Gasteiger partial charge >= 0.3 is 0 Å². The first-order valence-electron chi connectivity index (χ1n) is 4.84. The van der Waals surface area contributed by atoms with Crippen LogP contribution < -0.4 is 5.32 Å². The molecule has 2 heterocycles. The van der Waals surface area contributed by atoms with Gasteiger partial charge in [0.1, 0.15) is 22.7 Å². The van der Waals surface area contributed by atoms with Crippen LogP contribution in [0, 0.1) is 11.3 Å². The number of halogens is 1. The van der Waals surface area contributed by atoms with E-state index in [2.05, 4.69) is 20.3 Å². The molecule has 0 unspecified atom stereocenters. The third kappa shape index (κ3) is 2.78. The fourth-order valence-electron chi connectivity index (χ4n) is 1.17. The molecule has 7 heteroatoms. The van der Waals surface area contributed by atoms with E-state index in [-0.39, 0.29) is 10.8 Å². The van der Waals surface area contributed by atoms with Gasteiger partial charge in [0.2, 0.25) is 0 Å². The molecule has 2 aromatic heterocycles. The molecule has 1 N–H and O–H groups in total. The van der Waals surface area contributed by atoms with Gasteiger partial charge in [0, 0.05) is 6.20 Å². The highest BCUT2D eigenvalue weighted by Crippen LogP contribution is 2.07. The first kappa shape index (κ1) is 12.0. The fraction of sp³-hybridized carbons (Fsp3) is 0. The lowest BCUT2D eigenvalue weighted by Gasteiger charge is -2.03. The molecule has 0 aromatic carbocycles. The van der Waals surface area contributed by atoms with Gasteiger partial charge in [0.25, 0.3) is 5.91 Å². The van der Waals surface area contributed by atoms with Gasteiger partial charge in [-0.05, 0) is 12.1 Å². The minimum absolute atomic E-state index is 0.0914. The molecule has 0 aliphatic heterocycles. The zero-order chi connectivity index (χ0) is 13.0. The Kier molecular flexibility index (Phi) is 3.46. The van der Waals surface area contributed by atoms with Gasteiger partial charge in [-0.3, -0.25) is 9.78 Å². The smallest absolute Gasteiger partial charge is 0.277 e. The lowest BCUT2D eigenvalue weighted by Crippen LogP contribution is -2.14. The van der Waals surface area contributed by atoms with E-state index in [1.54, 1.807) is 6.07 Å². The van der Waals surface area contributed by atoms with E-state index in [0.29, 0.717) is 11.4 Å². The van der Waals surface area contributed by atoms with Crippen LogP contribution in [0.5, 0.6) is 0 Å². The topological polar surface area (TPSA) is 91.6 Å². The van der Waals surface area contributed by atoms with Crippen LogP contribution in [0.2, 0.25) is 5.15 Å². The van der Waals surface area contributed by atoms with Crippen molar-refractivity contribution in [2.24, 2.45) is 0 Å². The van der Waals surface area contributed by atoms with Crippen molar-refractivity contribution >= 4 is 23.3 Å². The highest BCUT2D eigenvalue weighted by molar-refractivity contribution is 6.29. The summed E-state index contributed by atoms with van der Waals surface area (Å²) in [6.45, 7) is 0. The molecule has 1 amide bonds. The number of anilines is 1. The number of hydrogen-bond acceptors (Lipinski definition) is 5. The van der Waals surface area contributed by atoms with Gasteiger partial charge in [0.05, 0.1) is 18.0 Å². The summed E-state index contributed by atoms with van der Waals surface area (Å²) < 4.78 is 0. The Hall–Kier alpha value is -2.52. The molecule has 0 aliphatic carbocycles. The molecule has 0 radical (unpaired) electrons. The molecule has 0 fully saturated rings. The van der Waals surface area contributed by atoms with Crippen LogP contribution in [0.25, 0.3) is 0 Å². The molecular formula is C11H6ClN5O. The molecule has 6 nitrogen and oxygen atoms in total. The molecule has 0 spiro atoms. The van der Waals surface area contributed by atoms with Crippen molar-refractivity contribution in [1.29, 1.82) is 5.26 Å². The summed E-state index contributed by atoms with van der Waals surface area (Å²) in [5.74, 6) is -0.150. The molecular weight excluding hydrogens is 254 g/mol. The number of carbonyl (C=O) groups is 1. The van der Waals surface area contributed by atoms with Crippen molar-refractivity contribution in [3.05, 3.63) is 47.1 Å². The van der Waals surface area contributed by atoms with E-state index in [9.17, 15) is 4.79 Å². The number of amides is 1. The Morgan fingerprint density at radius 1 is 1.33 bits per heavy atom. The van der Waals surface area contributed by atoms with E-state index in [0.717, 1.165) is 0 Å². The maximum absolute atomic E-state index is 11.7. The Bertz CT molecular complexity index is 620. The number of hydrogen-bond donors (Lipinski definition) is 1. The van der Waals surface area contributed by atoms with Crippen molar-refractivity contribution in [3.8, 4) is 6.07 Å². The highest BCUT2D eigenvalue weighted by Gasteiger charge is 2.09. The van der Waals surface area contributed by atoms with Crippen LogP contribution in [0.4, 0.5) is 5.82 Å². The molecule has 0 bridgehead atoms. The second kappa shape index (κ2) is 5.21. The normalized spacial score (nSPS) is 9.56. The predicted molar refractivity (Wildman–Crippen MR) is 63.9 cm³/mol. The minimum Gasteiger partial charge on any atom is -0.305 e. The van der Waals surface area contributed by atoms with Crippen LogP contribution in [0.15, 0.2) is 30.7 Å². The summed E-state index contributed by atoms with van der Waals surface area (Å²) in [6.07, 6.45) is 3.99. The Morgan fingerprint density at radius 2 is 2.17 bits per heavy atom. The van der Waals surface area contributed by atoms with E-state index < -0.39 is 5.91 Å². The molecule has 0 saturated carbocycles. The standard InChI is InChI=1S/C11H6ClN5O/c12-9-6-14-5-8(16-9)11(18)17-10-2-1-7(3-13)4-15-10/h1-2,4-6H,(H,15,17,18). The van der Waals surface area contributed by atoms with E-state index >= 15 is 0 Å². The summed E-state index contributed by atoms with van der Waals surface area (Å²) in [6, 6.07) is 5.00. The summed E-state index contributed by atoms with van der Waals surface area (Å²) in [5, 5.41) is 11.3. The fourth-order valence-corrected chi connectivity index (χ4v) is 1.31. The molecule has 0 atom stereocenters. The number of nitriles is 1. The Morgan fingerprint density at radius 3 is 2.78 bits per heavy atom. The third-order valence-corrected chi connectivity index (χ3v) is 2.15. The summed E-state index contributed by atoms with van der Waals surface area (Å²) in [4.78, 5) is 23.2. The largest absolute Gasteiger partial charge is 0.305 e. The maximum atomic E-state index is 11.7. The summed E-state index contributed by atoms with van der Waals surface area (Å²) >= 11 is 5.63. The second-order valence-corrected chi connectivity index (χ2v) is 3.61. The van der Waals surface area contributed by atoms with Crippen molar-refractivity contribution in [2.45, 2.75) is 0 Å². The monoisotopic (exact) mass is 259 g/mol. The molecule has 2 rings (SSSR count). The van der Waals surface area contributed by atoms with Crippen LogP contribution in [-0.2, 0) is 0 Å². The Labute approximate surface area is 107 Å². The SMILES string of the molecule is N#Cc1ccc(NC(=O)c2cncc(Cl)n2)nc1. The zero-order valence-electron chi connectivity index (χ0n) is 8.96. The quantitative estimate of drug-likeness (QED) is 0.885. The number of carbonyl (C=O) groups excluding carboxylic acids is 1. The summed E-state index contributed by atoms with van der Waals surface area (Å²) in [5.41, 5.74) is 0.504. The van der Waals surface area contributed by atoms with Gasteiger partial charge in [-0.2, -0.15) is 5.26 Å². The number of aromatic nitrogens is 3. The van der Waals surface area contributed by atoms with Gasteiger partial charge in [-0.25, -0.2) is 9.97 Å². The summed E-state index contributed by atoms with van der Waals surface area (Å²) in [7, 11) is 0. The van der Waals surface area contributed by atoms with Crippen molar-refractivity contribution in [1.82, 2.24) is 15.0 Å². The second-order valence-electron chi connectivity index (χ2n) is 3.23. The predicted octanol–water partition coefficient (Wildman–Crippen LogP) is 1.65. The van der Waals surface area contributed by atoms with Crippen LogP contribution in [-0.4, -0.2) is 20.9 Å². The van der Waals surface area contributed by atoms with Crippen LogP contribution in [0.1, 0.15) is 16.1 Å². The average Bonchev–Trinajstić information content (AvgIpc) is 2.39. The number of nitrogens with zero attached hydrogens (tertiary/aromatic N) is 4. The van der Waals surface area contributed by atoms with Gasteiger partial charge in [0.15, 0.2) is 0 Å². The van der Waals surface area contributed by atoms with Crippen molar-refractivity contribution < 1.29 is 4.79 Å². The third-order valence-electron chi connectivity index (χ3n) is 1.97. The number of rotatable bonds is 2. The molecule has 0 saturated heterocycles. The average molecular weight is 260 g/mol. The molecule has 0 aliphatic rings. The van der Waals surface area contributed by atoms with Crippen molar-refractivity contribution in [3.63, 3.8) is 0 Å². The van der Waals surface area contributed by atoms with Crippen molar-refractivity contribution in [2.75, 3.05) is 5.32 Å². The lowest BCUT2D eigenvalue weighted by molar-refractivity contribution is 0.102. The van der Waals surface area contributed by atoms with Crippen LogP contribution in [0.3, 0.4) is 0 Å². The van der Waals surface area contributed by atoms with E-state index in [4.69, 9.17) is 16.9 Å². The maximum Gasteiger partial charge on any atom is 0.277 e. The first-order chi connectivity index (χ1) is 8.69. The zero-order valence-corrected chi connectivity index (χ0v) is 9.72. The van der Waals surface area contributed by atoms with Gasteiger partial charge < -0.3 is 5.32 Å². The van der Waals surface area contributed by atoms with E-state index in [1.807, 2.05) is 6.07 Å². The van der Waals surface area contributed by atoms with Gasteiger partial charge in [-0.1, -0.05) is 11.6 Å². The lowest BCUT2D eigenvalue weighted by atomic mass is 10.3. The first-order valence-corrected chi connectivity index (χ1v) is 5.22. The minimum atomic E-state index is -0.470.